The summed E-state index contributed by atoms with van der Waals surface area (Å²) in [6.07, 6.45) is 0.347. The van der Waals surface area contributed by atoms with E-state index in [0.717, 1.165) is 10.5 Å². The second-order valence-corrected chi connectivity index (χ2v) is 5.14. The summed E-state index contributed by atoms with van der Waals surface area (Å²) < 4.78 is 0. The Morgan fingerprint density at radius 3 is 2.50 bits per heavy atom. The van der Waals surface area contributed by atoms with E-state index in [-0.39, 0.29) is 24.7 Å². The topological polar surface area (TPSA) is 66.5 Å². The Morgan fingerprint density at radius 2 is 1.90 bits per heavy atom. The van der Waals surface area contributed by atoms with Gasteiger partial charge in [0.15, 0.2) is 0 Å². The summed E-state index contributed by atoms with van der Waals surface area (Å²) in [5, 5.41) is 3.24. The summed E-state index contributed by atoms with van der Waals surface area (Å²) in [5.74, 6) is -1.01. The number of anilines is 1. The minimum absolute atomic E-state index is 0.173. The van der Waals surface area contributed by atoms with E-state index >= 15 is 0 Å². The van der Waals surface area contributed by atoms with Gasteiger partial charge in [-0.05, 0) is 31.5 Å². The monoisotopic (exact) mass is 294 g/mol. The maximum absolute atomic E-state index is 12.2. The van der Waals surface area contributed by atoms with Gasteiger partial charge in [-0.2, -0.15) is 0 Å². The lowest BCUT2D eigenvalue weighted by atomic mass is 10.2. The number of rotatable bonds is 3. The lowest BCUT2D eigenvalue weighted by molar-refractivity contribution is -0.144. The molecule has 1 fully saturated rings. The number of benzene rings is 1. The van der Waals surface area contributed by atoms with Gasteiger partial charge in [0.1, 0.15) is 6.04 Å². The molecule has 20 heavy (non-hydrogen) atoms. The minimum atomic E-state index is -0.823. The molecule has 1 aliphatic rings. The Hall–Kier alpha value is -1.88. The number of hydrogen-bond donors (Lipinski definition) is 1. The van der Waals surface area contributed by atoms with Gasteiger partial charge >= 0.3 is 0 Å². The maximum Gasteiger partial charge on any atom is 0.247 e. The summed E-state index contributed by atoms with van der Waals surface area (Å²) in [6, 6.07) is 4.35. The first-order valence-corrected chi connectivity index (χ1v) is 6.70. The molecular weight excluding hydrogens is 280 g/mol. The van der Waals surface area contributed by atoms with Gasteiger partial charge < -0.3 is 5.32 Å². The third-order valence-corrected chi connectivity index (χ3v) is 3.79. The van der Waals surface area contributed by atoms with Crippen molar-refractivity contribution in [2.45, 2.75) is 32.7 Å². The van der Waals surface area contributed by atoms with E-state index in [1.165, 1.54) is 6.92 Å². The van der Waals surface area contributed by atoms with Crippen LogP contribution in [0.4, 0.5) is 5.69 Å². The van der Waals surface area contributed by atoms with Crippen LogP contribution >= 0.6 is 11.6 Å². The maximum atomic E-state index is 12.2. The van der Waals surface area contributed by atoms with E-state index in [1.54, 1.807) is 25.1 Å². The summed E-state index contributed by atoms with van der Waals surface area (Å²) in [5.41, 5.74) is 1.32. The zero-order valence-electron chi connectivity index (χ0n) is 11.3. The number of carbonyl (C=O) groups is 3. The van der Waals surface area contributed by atoms with Crippen molar-refractivity contribution >= 4 is 35.0 Å². The van der Waals surface area contributed by atoms with Gasteiger partial charge in [-0.25, -0.2) is 0 Å². The molecule has 0 bridgehead atoms. The predicted octanol–water partition coefficient (Wildman–Crippen LogP) is 2.12. The molecule has 0 unspecified atom stereocenters. The fraction of sp³-hybridized carbons (Fsp3) is 0.357. The van der Waals surface area contributed by atoms with Crippen molar-refractivity contribution < 1.29 is 14.4 Å². The van der Waals surface area contributed by atoms with Crippen LogP contribution < -0.4 is 5.32 Å². The standard InChI is InChI=1S/C14H15ClN2O3/c1-8-10(15)4-3-5-11(8)16-14(20)9(2)17-12(18)6-7-13(17)19/h3-5,9H,6-7H2,1-2H3,(H,16,20)/t9-/m1/s1. The van der Waals surface area contributed by atoms with Crippen LogP contribution in [0.15, 0.2) is 18.2 Å². The molecule has 0 radical (unpaired) electrons. The van der Waals surface area contributed by atoms with Crippen LogP contribution in [0.1, 0.15) is 25.3 Å². The third-order valence-electron chi connectivity index (χ3n) is 3.38. The number of nitrogens with one attached hydrogen (secondary N) is 1. The molecule has 0 aliphatic carbocycles. The molecule has 1 atom stereocenters. The van der Waals surface area contributed by atoms with E-state index in [1.807, 2.05) is 0 Å². The van der Waals surface area contributed by atoms with Crippen molar-refractivity contribution in [3.63, 3.8) is 0 Å². The molecule has 1 saturated heterocycles. The van der Waals surface area contributed by atoms with Crippen molar-refractivity contribution in [3.8, 4) is 0 Å². The zero-order chi connectivity index (χ0) is 14.9. The molecule has 0 aromatic heterocycles. The summed E-state index contributed by atoms with van der Waals surface area (Å²) in [6.45, 7) is 3.32. The quantitative estimate of drug-likeness (QED) is 0.868. The highest BCUT2D eigenvalue weighted by Crippen LogP contribution is 2.24. The third kappa shape index (κ3) is 2.67. The van der Waals surface area contributed by atoms with E-state index in [0.29, 0.717) is 10.7 Å². The average molecular weight is 295 g/mol. The van der Waals surface area contributed by atoms with Crippen LogP contribution in [0.25, 0.3) is 0 Å². The number of nitrogens with zero attached hydrogens (tertiary/aromatic N) is 1. The fourth-order valence-corrected chi connectivity index (χ4v) is 2.30. The molecular formula is C14H15ClN2O3. The van der Waals surface area contributed by atoms with Gasteiger partial charge in [-0.15, -0.1) is 0 Å². The van der Waals surface area contributed by atoms with Crippen LogP contribution in [0.3, 0.4) is 0 Å². The molecule has 0 spiro atoms. The number of amides is 3. The molecule has 1 aromatic rings. The van der Waals surface area contributed by atoms with Crippen molar-refractivity contribution in [2.24, 2.45) is 0 Å². The lowest BCUT2D eigenvalue weighted by Crippen LogP contribution is -2.45. The van der Waals surface area contributed by atoms with E-state index in [9.17, 15) is 14.4 Å². The Bertz CT molecular complexity index is 570. The first-order valence-electron chi connectivity index (χ1n) is 6.32. The van der Waals surface area contributed by atoms with Gasteiger partial charge in [0.05, 0.1) is 0 Å². The van der Waals surface area contributed by atoms with Crippen molar-refractivity contribution in [2.75, 3.05) is 5.32 Å². The number of likely N-dealkylation sites (tertiary alicyclic amines) is 1. The summed E-state index contributed by atoms with van der Waals surface area (Å²) in [4.78, 5) is 36.4. The Labute approximate surface area is 121 Å². The van der Waals surface area contributed by atoms with Crippen LogP contribution in [-0.4, -0.2) is 28.7 Å². The summed E-state index contributed by atoms with van der Waals surface area (Å²) >= 11 is 5.98. The molecule has 2 rings (SSSR count). The Kier molecular flexibility index (Phi) is 4.09. The number of halogens is 1. The fourth-order valence-electron chi connectivity index (χ4n) is 2.12. The SMILES string of the molecule is Cc1c(Cl)cccc1NC(=O)[C@@H](C)N1C(=O)CCC1=O. The summed E-state index contributed by atoms with van der Waals surface area (Å²) in [7, 11) is 0. The smallest absolute Gasteiger partial charge is 0.247 e. The normalized spacial score (nSPS) is 16.4. The number of hydrogen-bond acceptors (Lipinski definition) is 3. The average Bonchev–Trinajstić information content (AvgIpc) is 2.73. The molecule has 6 heteroatoms. The predicted molar refractivity (Wildman–Crippen MR) is 75.4 cm³/mol. The first kappa shape index (κ1) is 14.5. The van der Waals surface area contributed by atoms with Gasteiger partial charge in [0.2, 0.25) is 17.7 Å². The highest BCUT2D eigenvalue weighted by Gasteiger charge is 2.36. The molecule has 1 N–H and O–H groups in total. The molecule has 106 valence electrons. The highest BCUT2D eigenvalue weighted by molar-refractivity contribution is 6.31. The Morgan fingerprint density at radius 1 is 1.30 bits per heavy atom. The Balaban J connectivity index is 2.14. The van der Waals surface area contributed by atoms with Gasteiger partial charge in [-0.3, -0.25) is 19.3 Å². The first-order chi connectivity index (χ1) is 9.41. The molecule has 1 aromatic carbocycles. The van der Waals surface area contributed by atoms with Gasteiger partial charge in [0, 0.05) is 23.6 Å². The molecule has 1 aliphatic heterocycles. The number of carbonyl (C=O) groups excluding carboxylic acids is 3. The second-order valence-electron chi connectivity index (χ2n) is 4.74. The highest BCUT2D eigenvalue weighted by atomic mass is 35.5. The van der Waals surface area contributed by atoms with Crippen LogP contribution in [0.5, 0.6) is 0 Å². The molecule has 1 heterocycles. The van der Waals surface area contributed by atoms with Gasteiger partial charge in [0.25, 0.3) is 0 Å². The minimum Gasteiger partial charge on any atom is -0.324 e. The van der Waals surface area contributed by atoms with Crippen molar-refractivity contribution in [1.82, 2.24) is 4.90 Å². The van der Waals surface area contributed by atoms with Crippen molar-refractivity contribution in [1.29, 1.82) is 0 Å². The van der Waals surface area contributed by atoms with Crippen LogP contribution in [0.2, 0.25) is 5.02 Å². The van der Waals surface area contributed by atoms with Gasteiger partial charge in [-0.1, -0.05) is 17.7 Å². The molecule has 0 saturated carbocycles. The van der Waals surface area contributed by atoms with E-state index in [2.05, 4.69) is 5.32 Å². The zero-order valence-corrected chi connectivity index (χ0v) is 12.0. The molecule has 3 amide bonds. The van der Waals surface area contributed by atoms with Crippen molar-refractivity contribution in [3.05, 3.63) is 28.8 Å². The molecule has 5 nitrogen and oxygen atoms in total. The lowest BCUT2D eigenvalue weighted by Gasteiger charge is -2.22. The van der Waals surface area contributed by atoms with Crippen LogP contribution in [-0.2, 0) is 14.4 Å². The van der Waals surface area contributed by atoms with E-state index in [4.69, 9.17) is 11.6 Å². The van der Waals surface area contributed by atoms with Crippen LogP contribution in [0, 0.1) is 6.92 Å². The number of imide groups is 1. The van der Waals surface area contributed by atoms with E-state index < -0.39 is 11.9 Å². The second kappa shape index (κ2) is 5.63. The largest absolute Gasteiger partial charge is 0.324 e.